The van der Waals surface area contributed by atoms with E-state index in [9.17, 15) is 4.79 Å². The molecular formula is C16H18N4O2S. The van der Waals surface area contributed by atoms with E-state index in [1.54, 1.807) is 6.26 Å². The molecule has 0 bridgehead atoms. The first kappa shape index (κ1) is 15.6. The van der Waals surface area contributed by atoms with Crippen molar-refractivity contribution in [2.75, 3.05) is 5.75 Å². The van der Waals surface area contributed by atoms with Gasteiger partial charge in [0, 0.05) is 17.0 Å². The average Bonchev–Trinajstić information content (AvgIpc) is 3.23. The fraction of sp³-hybridized carbons (Fsp3) is 0.312. The quantitative estimate of drug-likeness (QED) is 0.555. The van der Waals surface area contributed by atoms with E-state index < -0.39 is 0 Å². The zero-order valence-corrected chi connectivity index (χ0v) is 14.1. The number of carbonyl (C=O) groups excluding carboxylic acids is 1. The number of hydrogen-bond donors (Lipinski definition) is 1. The lowest BCUT2D eigenvalue weighted by atomic mass is 10.2. The van der Waals surface area contributed by atoms with Gasteiger partial charge < -0.3 is 8.98 Å². The lowest BCUT2D eigenvalue weighted by Gasteiger charge is -2.07. The molecule has 3 aromatic rings. The molecule has 3 heterocycles. The minimum Gasteiger partial charge on any atom is -0.467 e. The highest BCUT2D eigenvalue weighted by atomic mass is 32.2. The summed E-state index contributed by atoms with van der Waals surface area (Å²) in [5.74, 6) is 2.02. The molecule has 0 atom stereocenters. The molecule has 3 rings (SSSR count). The molecule has 0 unspecified atom stereocenters. The molecule has 0 aliphatic heterocycles. The summed E-state index contributed by atoms with van der Waals surface area (Å²) < 4.78 is 7.49. The minimum atomic E-state index is 0.0799. The highest BCUT2D eigenvalue weighted by Crippen LogP contribution is 2.21. The Morgan fingerprint density at radius 3 is 2.87 bits per heavy atom. The zero-order valence-electron chi connectivity index (χ0n) is 13.3. The largest absolute Gasteiger partial charge is 0.467 e. The molecule has 0 aliphatic rings. The predicted octanol–water partition coefficient (Wildman–Crippen LogP) is 3.15. The second-order valence-corrected chi connectivity index (χ2v) is 6.31. The average molecular weight is 330 g/mol. The van der Waals surface area contributed by atoms with Gasteiger partial charge in [0.1, 0.15) is 11.6 Å². The SMILES string of the molecule is Cc1nc(SCC(=O)c2cc(C)n(Cc3ccco3)c2C)n[nH]1. The number of carbonyl (C=O) groups is 1. The molecule has 0 saturated heterocycles. The van der Waals surface area contributed by atoms with Gasteiger partial charge in [-0.25, -0.2) is 4.98 Å². The zero-order chi connectivity index (χ0) is 16.4. The van der Waals surface area contributed by atoms with E-state index in [4.69, 9.17) is 4.42 Å². The van der Waals surface area contributed by atoms with Crippen molar-refractivity contribution in [2.45, 2.75) is 32.5 Å². The Morgan fingerprint density at radius 1 is 1.39 bits per heavy atom. The smallest absolute Gasteiger partial charge is 0.208 e. The highest BCUT2D eigenvalue weighted by Gasteiger charge is 2.17. The van der Waals surface area contributed by atoms with Crippen molar-refractivity contribution < 1.29 is 9.21 Å². The van der Waals surface area contributed by atoms with Gasteiger partial charge in [-0.1, -0.05) is 11.8 Å². The van der Waals surface area contributed by atoms with Gasteiger partial charge >= 0.3 is 0 Å². The molecule has 0 radical (unpaired) electrons. The Bertz CT molecular complexity index is 817. The molecule has 0 saturated carbocycles. The molecule has 1 N–H and O–H groups in total. The number of nitrogens with zero attached hydrogens (tertiary/aromatic N) is 3. The summed E-state index contributed by atoms with van der Waals surface area (Å²) in [5, 5.41) is 7.40. The summed E-state index contributed by atoms with van der Waals surface area (Å²) in [5.41, 5.74) is 2.74. The van der Waals surface area contributed by atoms with Crippen molar-refractivity contribution in [2.24, 2.45) is 0 Å². The maximum Gasteiger partial charge on any atom is 0.208 e. The lowest BCUT2D eigenvalue weighted by molar-refractivity contribution is 0.102. The topological polar surface area (TPSA) is 76.7 Å². The molecule has 6 nitrogen and oxygen atoms in total. The normalized spacial score (nSPS) is 11.1. The van der Waals surface area contributed by atoms with Crippen molar-refractivity contribution in [3.8, 4) is 0 Å². The van der Waals surface area contributed by atoms with Gasteiger partial charge in [0.05, 0.1) is 18.6 Å². The minimum absolute atomic E-state index is 0.0799. The predicted molar refractivity (Wildman–Crippen MR) is 87.9 cm³/mol. The van der Waals surface area contributed by atoms with Gasteiger partial charge in [-0.05, 0) is 39.0 Å². The summed E-state index contributed by atoms with van der Waals surface area (Å²) in [6.07, 6.45) is 1.66. The molecule has 120 valence electrons. The van der Waals surface area contributed by atoms with Crippen molar-refractivity contribution in [3.63, 3.8) is 0 Å². The number of aryl methyl sites for hydroxylation is 2. The fourth-order valence-corrected chi connectivity index (χ4v) is 3.21. The second kappa shape index (κ2) is 6.45. The molecule has 0 aromatic carbocycles. The van der Waals surface area contributed by atoms with E-state index in [-0.39, 0.29) is 5.78 Å². The molecule has 0 aliphatic carbocycles. The van der Waals surface area contributed by atoms with E-state index >= 15 is 0 Å². The van der Waals surface area contributed by atoms with Crippen LogP contribution in [0.2, 0.25) is 0 Å². The first-order valence-electron chi connectivity index (χ1n) is 7.28. The molecule has 0 amide bonds. The maximum atomic E-state index is 12.5. The standard InChI is InChI=1S/C16H18N4O2S/c1-10-7-14(11(2)20(10)8-13-5-4-6-22-13)15(21)9-23-16-17-12(3)18-19-16/h4-7H,8-9H2,1-3H3,(H,17,18,19). The number of aromatic amines is 1. The molecule has 0 fully saturated rings. The van der Waals surface area contributed by atoms with Crippen LogP contribution in [0.25, 0.3) is 0 Å². The summed E-state index contributed by atoms with van der Waals surface area (Å²) in [4.78, 5) is 16.7. The molecule has 3 aromatic heterocycles. The van der Waals surface area contributed by atoms with Crippen LogP contribution in [0.15, 0.2) is 34.0 Å². The monoisotopic (exact) mass is 330 g/mol. The van der Waals surface area contributed by atoms with Crippen molar-refractivity contribution in [1.82, 2.24) is 19.7 Å². The Morgan fingerprint density at radius 2 is 2.22 bits per heavy atom. The Kier molecular flexibility index (Phi) is 4.38. The molecule has 7 heteroatoms. The number of nitrogens with one attached hydrogen (secondary N) is 1. The van der Waals surface area contributed by atoms with Gasteiger partial charge in [-0.15, -0.1) is 5.10 Å². The van der Waals surface area contributed by atoms with E-state index in [1.807, 2.05) is 39.0 Å². The Balaban J connectivity index is 1.73. The van der Waals surface area contributed by atoms with Crippen LogP contribution in [0.5, 0.6) is 0 Å². The van der Waals surface area contributed by atoms with Gasteiger partial charge in [0.25, 0.3) is 0 Å². The Hall–Kier alpha value is -2.28. The maximum absolute atomic E-state index is 12.5. The van der Waals surface area contributed by atoms with Crippen molar-refractivity contribution in [3.05, 3.63) is 53.0 Å². The third-order valence-electron chi connectivity index (χ3n) is 3.68. The summed E-state index contributed by atoms with van der Waals surface area (Å²) in [6, 6.07) is 5.73. The summed E-state index contributed by atoms with van der Waals surface area (Å²) in [6.45, 7) is 6.43. The van der Waals surface area contributed by atoms with Crippen LogP contribution >= 0.6 is 11.8 Å². The number of ketones is 1. The lowest BCUT2D eigenvalue weighted by Crippen LogP contribution is -2.07. The van der Waals surface area contributed by atoms with Crippen LogP contribution in [-0.4, -0.2) is 31.3 Å². The number of thioether (sulfide) groups is 1. The van der Waals surface area contributed by atoms with Crippen LogP contribution in [0.3, 0.4) is 0 Å². The number of aromatic nitrogens is 4. The molecule has 23 heavy (non-hydrogen) atoms. The van der Waals surface area contributed by atoms with Gasteiger partial charge in [-0.3, -0.25) is 9.89 Å². The van der Waals surface area contributed by atoms with Crippen molar-refractivity contribution >= 4 is 17.5 Å². The first-order chi connectivity index (χ1) is 11.0. The number of rotatable bonds is 6. The van der Waals surface area contributed by atoms with Gasteiger partial charge in [0.2, 0.25) is 5.16 Å². The molecule has 0 spiro atoms. The van der Waals surface area contributed by atoms with E-state index in [0.717, 1.165) is 28.5 Å². The van der Waals surface area contributed by atoms with E-state index in [2.05, 4.69) is 19.7 Å². The highest BCUT2D eigenvalue weighted by molar-refractivity contribution is 7.99. The van der Waals surface area contributed by atoms with Crippen LogP contribution < -0.4 is 0 Å². The number of hydrogen-bond acceptors (Lipinski definition) is 5. The number of furan rings is 1. The van der Waals surface area contributed by atoms with Crippen molar-refractivity contribution in [1.29, 1.82) is 0 Å². The summed E-state index contributed by atoms with van der Waals surface area (Å²) in [7, 11) is 0. The van der Waals surface area contributed by atoms with Crippen LogP contribution in [0, 0.1) is 20.8 Å². The second-order valence-electron chi connectivity index (χ2n) is 5.37. The number of Topliss-reactive ketones (excluding diaryl/α,β-unsaturated/α-hetero) is 1. The first-order valence-corrected chi connectivity index (χ1v) is 8.27. The van der Waals surface area contributed by atoms with E-state index in [1.165, 1.54) is 11.8 Å². The fourth-order valence-electron chi connectivity index (χ4n) is 2.48. The molecular weight excluding hydrogens is 312 g/mol. The Labute approximate surface area is 138 Å². The van der Waals surface area contributed by atoms with Crippen LogP contribution in [-0.2, 0) is 6.54 Å². The third kappa shape index (κ3) is 3.39. The van der Waals surface area contributed by atoms with Gasteiger partial charge in [0.15, 0.2) is 5.78 Å². The third-order valence-corrected chi connectivity index (χ3v) is 4.52. The summed E-state index contributed by atoms with van der Waals surface area (Å²) >= 11 is 1.34. The van der Waals surface area contributed by atoms with Gasteiger partial charge in [-0.2, -0.15) is 0 Å². The van der Waals surface area contributed by atoms with Crippen LogP contribution in [0.1, 0.15) is 33.3 Å². The van der Waals surface area contributed by atoms with Crippen LogP contribution in [0.4, 0.5) is 0 Å². The number of H-pyrrole nitrogens is 1. The van der Waals surface area contributed by atoms with E-state index in [0.29, 0.717) is 17.5 Å².